The molecule has 0 saturated carbocycles. The lowest BCUT2D eigenvalue weighted by molar-refractivity contribution is 0.318. The molecule has 0 heterocycles. The van der Waals surface area contributed by atoms with Gasteiger partial charge >= 0.3 is 0 Å². The standard InChI is InChI=1S/C10H14N2O2/c1-3-13-10-6-4-9(5-7-10)12-8(2)14-11/h4-7H,3,11H2,1-2H3. The van der Waals surface area contributed by atoms with Gasteiger partial charge in [-0.2, -0.15) is 5.90 Å². The largest absolute Gasteiger partial charge is 0.494 e. The third-order valence-electron chi connectivity index (χ3n) is 1.60. The number of nitrogens with zero attached hydrogens (tertiary/aromatic N) is 1. The van der Waals surface area contributed by atoms with Gasteiger partial charge < -0.3 is 9.57 Å². The van der Waals surface area contributed by atoms with E-state index < -0.39 is 0 Å². The molecule has 4 nitrogen and oxygen atoms in total. The summed E-state index contributed by atoms with van der Waals surface area (Å²) in [5, 5.41) is 0. The average Bonchev–Trinajstić information content (AvgIpc) is 2.21. The lowest BCUT2D eigenvalue weighted by Gasteiger charge is -2.02. The fraction of sp³-hybridized carbons (Fsp3) is 0.300. The maximum absolute atomic E-state index is 5.29. The predicted octanol–water partition coefficient (Wildman–Crippen LogP) is 2.03. The Kier molecular flexibility index (Phi) is 3.94. The van der Waals surface area contributed by atoms with Crippen molar-refractivity contribution in [3.05, 3.63) is 24.3 Å². The van der Waals surface area contributed by atoms with Gasteiger partial charge in [0, 0.05) is 6.92 Å². The Bertz CT molecular complexity index is 306. The fourth-order valence-corrected chi connectivity index (χ4v) is 0.992. The quantitative estimate of drug-likeness (QED) is 0.455. The molecule has 0 bridgehead atoms. The summed E-state index contributed by atoms with van der Waals surface area (Å²) >= 11 is 0. The molecule has 1 aromatic rings. The molecule has 0 aliphatic heterocycles. The van der Waals surface area contributed by atoms with Gasteiger partial charge in [-0.05, 0) is 31.2 Å². The van der Waals surface area contributed by atoms with Gasteiger partial charge in [0.1, 0.15) is 5.75 Å². The highest BCUT2D eigenvalue weighted by Crippen LogP contribution is 2.18. The molecular weight excluding hydrogens is 180 g/mol. The van der Waals surface area contributed by atoms with E-state index in [1.54, 1.807) is 6.92 Å². The topological polar surface area (TPSA) is 56.8 Å². The van der Waals surface area contributed by atoms with Crippen LogP contribution in [-0.2, 0) is 4.84 Å². The third kappa shape index (κ3) is 3.06. The van der Waals surface area contributed by atoms with Crippen LogP contribution < -0.4 is 10.6 Å². The summed E-state index contributed by atoms with van der Waals surface area (Å²) in [6, 6.07) is 7.39. The van der Waals surface area contributed by atoms with Gasteiger partial charge in [0.15, 0.2) is 0 Å². The van der Waals surface area contributed by atoms with E-state index in [0.29, 0.717) is 12.5 Å². The second-order valence-corrected chi connectivity index (χ2v) is 2.68. The molecule has 0 spiro atoms. The number of hydrogen-bond acceptors (Lipinski definition) is 4. The Morgan fingerprint density at radius 3 is 2.50 bits per heavy atom. The molecule has 0 aliphatic rings. The first-order chi connectivity index (χ1) is 6.76. The number of hydrogen-bond donors (Lipinski definition) is 1. The van der Waals surface area contributed by atoms with Gasteiger partial charge in [0.25, 0.3) is 0 Å². The van der Waals surface area contributed by atoms with Gasteiger partial charge in [-0.15, -0.1) is 0 Å². The van der Waals surface area contributed by atoms with Crippen LogP contribution in [0.2, 0.25) is 0 Å². The predicted molar refractivity (Wildman–Crippen MR) is 55.7 cm³/mol. The summed E-state index contributed by atoms with van der Waals surface area (Å²) in [5.41, 5.74) is 0.788. The molecule has 0 aliphatic carbocycles. The monoisotopic (exact) mass is 194 g/mol. The van der Waals surface area contributed by atoms with Crippen molar-refractivity contribution in [3.8, 4) is 5.75 Å². The fourth-order valence-electron chi connectivity index (χ4n) is 0.992. The Balaban J connectivity index is 2.73. The van der Waals surface area contributed by atoms with Crippen LogP contribution in [0.5, 0.6) is 5.75 Å². The van der Waals surface area contributed by atoms with Crippen molar-refractivity contribution in [2.75, 3.05) is 6.61 Å². The summed E-state index contributed by atoms with van der Waals surface area (Å²) < 4.78 is 5.29. The Morgan fingerprint density at radius 2 is 2.00 bits per heavy atom. The maximum atomic E-state index is 5.29. The van der Waals surface area contributed by atoms with Crippen LogP contribution in [0.15, 0.2) is 29.3 Å². The molecule has 0 amide bonds. The lowest BCUT2D eigenvalue weighted by atomic mass is 10.3. The molecule has 0 atom stereocenters. The molecule has 4 heteroatoms. The van der Waals surface area contributed by atoms with Gasteiger partial charge in [0.05, 0.1) is 12.3 Å². The Hall–Kier alpha value is -1.55. The van der Waals surface area contributed by atoms with Crippen molar-refractivity contribution in [1.82, 2.24) is 0 Å². The summed E-state index contributed by atoms with van der Waals surface area (Å²) in [6.45, 7) is 4.29. The molecule has 0 fully saturated rings. The molecule has 0 radical (unpaired) electrons. The van der Waals surface area contributed by atoms with Crippen molar-refractivity contribution in [3.63, 3.8) is 0 Å². The highest BCUT2D eigenvalue weighted by Gasteiger charge is 1.94. The van der Waals surface area contributed by atoms with Crippen LogP contribution in [0.25, 0.3) is 0 Å². The van der Waals surface area contributed by atoms with E-state index in [1.165, 1.54) is 0 Å². The average molecular weight is 194 g/mol. The zero-order valence-electron chi connectivity index (χ0n) is 8.36. The van der Waals surface area contributed by atoms with Crippen LogP contribution in [0, 0.1) is 0 Å². The normalized spacial score (nSPS) is 11.2. The van der Waals surface area contributed by atoms with Crippen LogP contribution in [0.4, 0.5) is 5.69 Å². The first-order valence-electron chi connectivity index (χ1n) is 4.41. The van der Waals surface area contributed by atoms with Crippen molar-refractivity contribution < 1.29 is 9.57 Å². The number of nitrogens with two attached hydrogens (primary N) is 1. The summed E-state index contributed by atoms with van der Waals surface area (Å²) in [4.78, 5) is 8.54. The number of ether oxygens (including phenoxy) is 1. The smallest absolute Gasteiger partial charge is 0.210 e. The number of benzene rings is 1. The van der Waals surface area contributed by atoms with Crippen molar-refractivity contribution in [1.29, 1.82) is 0 Å². The summed E-state index contributed by atoms with van der Waals surface area (Å²) in [5.74, 6) is 6.20. The van der Waals surface area contributed by atoms with E-state index in [-0.39, 0.29) is 0 Å². The first kappa shape index (κ1) is 10.5. The molecule has 14 heavy (non-hydrogen) atoms. The van der Waals surface area contributed by atoms with E-state index in [4.69, 9.17) is 10.6 Å². The highest BCUT2D eigenvalue weighted by molar-refractivity contribution is 5.76. The third-order valence-corrected chi connectivity index (χ3v) is 1.60. The summed E-state index contributed by atoms with van der Waals surface area (Å²) in [6.07, 6.45) is 0. The van der Waals surface area contributed by atoms with Gasteiger partial charge in [-0.3, -0.25) is 0 Å². The number of aliphatic imine (C=N–C) groups is 1. The molecule has 1 aromatic carbocycles. The van der Waals surface area contributed by atoms with E-state index in [1.807, 2.05) is 31.2 Å². The van der Waals surface area contributed by atoms with Gasteiger partial charge in [0.2, 0.25) is 5.90 Å². The molecule has 0 aromatic heterocycles. The Morgan fingerprint density at radius 1 is 1.36 bits per heavy atom. The van der Waals surface area contributed by atoms with Crippen LogP contribution >= 0.6 is 0 Å². The minimum Gasteiger partial charge on any atom is -0.494 e. The molecule has 1 rings (SSSR count). The van der Waals surface area contributed by atoms with Crippen LogP contribution in [-0.4, -0.2) is 12.5 Å². The minimum absolute atomic E-state index is 0.425. The molecular formula is C10H14N2O2. The first-order valence-corrected chi connectivity index (χ1v) is 4.41. The molecule has 2 N–H and O–H groups in total. The van der Waals surface area contributed by atoms with Crippen molar-refractivity contribution >= 4 is 11.6 Å². The van der Waals surface area contributed by atoms with Crippen molar-refractivity contribution in [2.45, 2.75) is 13.8 Å². The van der Waals surface area contributed by atoms with E-state index in [0.717, 1.165) is 11.4 Å². The maximum Gasteiger partial charge on any atom is 0.210 e. The Labute approximate surface area is 83.3 Å². The van der Waals surface area contributed by atoms with Crippen molar-refractivity contribution in [2.24, 2.45) is 10.9 Å². The van der Waals surface area contributed by atoms with Gasteiger partial charge in [-0.25, -0.2) is 4.99 Å². The summed E-state index contributed by atoms with van der Waals surface area (Å²) in [7, 11) is 0. The minimum atomic E-state index is 0.425. The van der Waals surface area contributed by atoms with E-state index in [2.05, 4.69) is 9.83 Å². The second-order valence-electron chi connectivity index (χ2n) is 2.68. The highest BCUT2D eigenvalue weighted by atomic mass is 16.6. The lowest BCUT2D eigenvalue weighted by Crippen LogP contribution is -2.04. The second kappa shape index (κ2) is 5.24. The van der Waals surface area contributed by atoms with E-state index >= 15 is 0 Å². The molecule has 0 unspecified atom stereocenters. The molecule has 0 saturated heterocycles. The van der Waals surface area contributed by atoms with Crippen LogP contribution in [0.1, 0.15) is 13.8 Å². The molecule has 76 valence electrons. The van der Waals surface area contributed by atoms with Crippen LogP contribution in [0.3, 0.4) is 0 Å². The zero-order valence-corrected chi connectivity index (χ0v) is 8.36. The van der Waals surface area contributed by atoms with E-state index in [9.17, 15) is 0 Å². The van der Waals surface area contributed by atoms with Gasteiger partial charge in [-0.1, -0.05) is 0 Å². The number of rotatable bonds is 3. The zero-order chi connectivity index (χ0) is 10.4. The SMILES string of the molecule is CCOc1ccc(N=C(C)ON)cc1.